The predicted octanol–water partition coefficient (Wildman–Crippen LogP) is 6.72. The summed E-state index contributed by atoms with van der Waals surface area (Å²) < 4.78 is 5.66. The zero-order valence-corrected chi connectivity index (χ0v) is 22.3. The summed E-state index contributed by atoms with van der Waals surface area (Å²) >= 11 is 4.40. The quantitative estimate of drug-likeness (QED) is 0.271. The zero-order chi connectivity index (χ0) is 26.4. The highest BCUT2D eigenvalue weighted by Gasteiger charge is 2.28. The summed E-state index contributed by atoms with van der Waals surface area (Å²) in [5, 5.41) is 18.6. The number of carboxylic acid groups (broad SMARTS) is 2. The Balaban J connectivity index is 1.71. The van der Waals surface area contributed by atoms with Crippen LogP contribution in [0.25, 0.3) is 16.5 Å². The number of hydrogen-bond acceptors (Lipinski definition) is 5. The van der Waals surface area contributed by atoms with Crippen molar-refractivity contribution in [2.24, 2.45) is 0 Å². The molecule has 192 valence electrons. The van der Waals surface area contributed by atoms with Crippen LogP contribution in [0.5, 0.6) is 5.75 Å². The van der Waals surface area contributed by atoms with Gasteiger partial charge in [-0.15, -0.1) is 11.3 Å². The van der Waals surface area contributed by atoms with Gasteiger partial charge in [-0.05, 0) is 58.1 Å². The summed E-state index contributed by atoms with van der Waals surface area (Å²) in [6.07, 6.45) is 8.49. The van der Waals surface area contributed by atoms with Crippen LogP contribution in [0.1, 0.15) is 47.3 Å². The van der Waals surface area contributed by atoms with E-state index >= 15 is 0 Å². The van der Waals surface area contributed by atoms with E-state index in [9.17, 15) is 19.5 Å². The fourth-order valence-corrected chi connectivity index (χ4v) is 6.34. The SMILES string of the molecule is O=C(O)COc1c(C(=O)O)sc(-c2cccc(N(C(=O)C=Cc3ccccc3)C3CCCCC3)c2)c1Br. The fraction of sp³-hybridized carbons (Fsp3) is 0.250. The molecular formula is C28H26BrNO6S. The predicted molar refractivity (Wildman–Crippen MR) is 147 cm³/mol. The summed E-state index contributed by atoms with van der Waals surface area (Å²) in [7, 11) is 0. The molecule has 1 heterocycles. The van der Waals surface area contributed by atoms with Crippen molar-refractivity contribution in [3.05, 3.63) is 75.6 Å². The summed E-state index contributed by atoms with van der Waals surface area (Å²) in [4.78, 5) is 38.6. The lowest BCUT2D eigenvalue weighted by Crippen LogP contribution is -2.40. The minimum atomic E-state index is -1.21. The van der Waals surface area contributed by atoms with E-state index in [-0.39, 0.29) is 22.6 Å². The second-order valence-corrected chi connectivity index (χ2v) is 10.5. The molecular weight excluding hydrogens is 558 g/mol. The van der Waals surface area contributed by atoms with E-state index in [1.807, 2.05) is 65.6 Å². The molecule has 1 saturated carbocycles. The summed E-state index contributed by atoms with van der Waals surface area (Å²) in [6.45, 7) is -0.660. The molecule has 1 fully saturated rings. The van der Waals surface area contributed by atoms with Gasteiger partial charge in [-0.1, -0.05) is 61.7 Å². The Bertz CT molecular complexity index is 1310. The highest BCUT2D eigenvalue weighted by molar-refractivity contribution is 9.10. The van der Waals surface area contributed by atoms with E-state index in [1.165, 1.54) is 0 Å². The molecule has 2 aromatic carbocycles. The lowest BCUT2D eigenvalue weighted by atomic mass is 9.93. The smallest absolute Gasteiger partial charge is 0.349 e. The van der Waals surface area contributed by atoms with E-state index < -0.39 is 18.5 Å². The van der Waals surface area contributed by atoms with Crippen molar-refractivity contribution in [2.45, 2.75) is 38.1 Å². The van der Waals surface area contributed by atoms with E-state index in [4.69, 9.17) is 9.84 Å². The van der Waals surface area contributed by atoms with Gasteiger partial charge in [0, 0.05) is 17.8 Å². The molecule has 0 saturated heterocycles. The monoisotopic (exact) mass is 583 g/mol. The van der Waals surface area contributed by atoms with Crippen LogP contribution < -0.4 is 9.64 Å². The van der Waals surface area contributed by atoms with Gasteiger partial charge in [0.05, 0.1) is 9.35 Å². The molecule has 7 nitrogen and oxygen atoms in total. The van der Waals surface area contributed by atoms with Gasteiger partial charge in [0.15, 0.2) is 17.2 Å². The summed E-state index contributed by atoms with van der Waals surface area (Å²) in [6, 6.07) is 17.1. The second kappa shape index (κ2) is 12.2. The first-order chi connectivity index (χ1) is 17.8. The molecule has 0 aliphatic heterocycles. The molecule has 1 amide bonds. The minimum absolute atomic E-state index is 0.0219. The number of ether oxygens (including phenoxy) is 1. The Morgan fingerprint density at radius 3 is 2.43 bits per heavy atom. The van der Waals surface area contributed by atoms with Crippen molar-refractivity contribution in [1.29, 1.82) is 0 Å². The number of aliphatic carboxylic acids is 1. The van der Waals surface area contributed by atoms with Gasteiger partial charge >= 0.3 is 11.9 Å². The lowest BCUT2D eigenvalue weighted by molar-refractivity contribution is -0.139. The fourth-order valence-electron chi connectivity index (χ4n) is 4.45. The maximum Gasteiger partial charge on any atom is 0.349 e. The molecule has 2 N–H and O–H groups in total. The van der Waals surface area contributed by atoms with Crippen molar-refractivity contribution in [3.63, 3.8) is 0 Å². The van der Waals surface area contributed by atoms with E-state index in [2.05, 4.69) is 15.9 Å². The number of carbonyl (C=O) groups excluding carboxylic acids is 1. The zero-order valence-electron chi connectivity index (χ0n) is 19.9. The van der Waals surface area contributed by atoms with Gasteiger partial charge in [0.1, 0.15) is 0 Å². The Morgan fingerprint density at radius 1 is 1.03 bits per heavy atom. The maximum absolute atomic E-state index is 13.5. The molecule has 1 aromatic heterocycles. The van der Waals surface area contributed by atoms with E-state index in [0.29, 0.717) is 14.9 Å². The highest BCUT2D eigenvalue weighted by Crippen LogP contribution is 2.46. The molecule has 0 radical (unpaired) electrons. The van der Waals surface area contributed by atoms with Crippen LogP contribution in [-0.4, -0.2) is 40.7 Å². The number of carboxylic acids is 2. The van der Waals surface area contributed by atoms with Crippen molar-refractivity contribution >= 4 is 56.9 Å². The topological polar surface area (TPSA) is 104 Å². The van der Waals surface area contributed by atoms with Crippen molar-refractivity contribution in [2.75, 3.05) is 11.5 Å². The first kappa shape index (κ1) is 26.6. The molecule has 0 atom stereocenters. The van der Waals surface area contributed by atoms with Gasteiger partial charge in [-0.3, -0.25) is 4.79 Å². The van der Waals surface area contributed by atoms with E-state index in [1.54, 1.807) is 6.08 Å². The number of halogens is 1. The number of hydrogen-bond donors (Lipinski definition) is 2. The van der Waals surface area contributed by atoms with Crippen LogP contribution in [-0.2, 0) is 9.59 Å². The summed E-state index contributed by atoms with van der Waals surface area (Å²) in [5.74, 6) is -2.55. The number of aromatic carboxylic acids is 1. The first-order valence-corrected chi connectivity index (χ1v) is 13.5. The number of nitrogens with zero attached hydrogens (tertiary/aromatic N) is 1. The molecule has 0 spiro atoms. The Hall–Kier alpha value is -3.43. The van der Waals surface area contributed by atoms with Crippen LogP contribution >= 0.6 is 27.3 Å². The number of amides is 1. The van der Waals surface area contributed by atoms with Gasteiger partial charge in [0.2, 0.25) is 0 Å². The van der Waals surface area contributed by atoms with E-state index in [0.717, 1.165) is 54.7 Å². The van der Waals surface area contributed by atoms with Crippen LogP contribution in [0.15, 0.2) is 65.1 Å². The molecule has 0 bridgehead atoms. The van der Waals surface area contributed by atoms with Gasteiger partial charge in [-0.25, -0.2) is 9.59 Å². The third-order valence-electron chi connectivity index (χ3n) is 6.13. The van der Waals surface area contributed by atoms with Crippen molar-refractivity contribution in [3.8, 4) is 16.2 Å². The van der Waals surface area contributed by atoms with Crippen LogP contribution in [0.2, 0.25) is 0 Å². The average Bonchev–Trinajstić information content (AvgIpc) is 3.24. The van der Waals surface area contributed by atoms with Gasteiger partial charge in [-0.2, -0.15) is 0 Å². The maximum atomic E-state index is 13.5. The normalized spacial score (nSPS) is 14.0. The number of thiophene rings is 1. The number of benzene rings is 2. The Kier molecular flexibility index (Phi) is 8.78. The van der Waals surface area contributed by atoms with Crippen molar-refractivity contribution < 1.29 is 29.3 Å². The average molecular weight is 584 g/mol. The molecule has 1 aliphatic rings. The number of rotatable bonds is 9. The van der Waals surface area contributed by atoms with Gasteiger partial charge < -0.3 is 19.8 Å². The molecule has 37 heavy (non-hydrogen) atoms. The largest absolute Gasteiger partial charge is 0.479 e. The first-order valence-electron chi connectivity index (χ1n) is 11.9. The van der Waals surface area contributed by atoms with Crippen molar-refractivity contribution in [1.82, 2.24) is 0 Å². The van der Waals surface area contributed by atoms with Crippen LogP contribution in [0.3, 0.4) is 0 Å². The molecule has 1 aliphatic carbocycles. The third kappa shape index (κ3) is 6.47. The number of carbonyl (C=O) groups is 3. The van der Waals surface area contributed by atoms with Crippen LogP contribution in [0.4, 0.5) is 5.69 Å². The summed E-state index contributed by atoms with van der Waals surface area (Å²) in [5.41, 5.74) is 2.35. The lowest BCUT2D eigenvalue weighted by Gasteiger charge is -2.34. The standard InChI is InChI=1S/C28H26BrNO6S/c29-24-25(36-17-23(32)33)27(28(34)35)37-26(24)19-10-7-13-21(16-19)30(20-11-5-2-6-12-20)22(31)15-14-18-8-3-1-4-9-18/h1,3-4,7-10,13-16,20H,2,5-6,11-12,17H2,(H,32,33)(H,34,35). The van der Waals surface area contributed by atoms with Gasteiger partial charge in [0.25, 0.3) is 5.91 Å². The Morgan fingerprint density at radius 2 is 1.76 bits per heavy atom. The number of anilines is 1. The minimum Gasteiger partial charge on any atom is -0.479 e. The van der Waals surface area contributed by atoms with Crippen LogP contribution in [0, 0.1) is 0 Å². The molecule has 4 rings (SSSR count). The second-order valence-electron chi connectivity index (χ2n) is 8.69. The molecule has 0 unspecified atom stereocenters. The highest BCUT2D eigenvalue weighted by atomic mass is 79.9. The molecule has 9 heteroatoms. The molecule has 3 aromatic rings. The third-order valence-corrected chi connectivity index (χ3v) is 8.35. The Labute approximate surface area is 227 Å².